The Balaban J connectivity index is 1.03. The summed E-state index contributed by atoms with van der Waals surface area (Å²) in [5.74, 6) is 3.28. The minimum absolute atomic E-state index is 0.0637. The van der Waals surface area contributed by atoms with Gasteiger partial charge in [0.25, 0.3) is 0 Å². The highest BCUT2D eigenvalue weighted by Crippen LogP contribution is 2.48. The molecule has 6 nitrogen and oxygen atoms in total. The molecule has 2 aromatic rings. The Labute approximate surface area is 177 Å². The SMILES string of the molecule is O=C(C1CC1)N1CCC(c2nc(C3(CN[C@H]4C[C@@H]4c4ccccc4)CC3)no2)CC1. The van der Waals surface area contributed by atoms with Crippen molar-refractivity contribution < 1.29 is 9.32 Å². The van der Waals surface area contributed by atoms with Gasteiger partial charge in [0.15, 0.2) is 5.82 Å². The molecule has 1 amide bonds. The van der Waals surface area contributed by atoms with E-state index in [1.54, 1.807) is 0 Å². The zero-order chi connectivity index (χ0) is 20.1. The van der Waals surface area contributed by atoms with Crippen molar-refractivity contribution in [3.8, 4) is 0 Å². The van der Waals surface area contributed by atoms with E-state index in [0.29, 0.717) is 29.7 Å². The number of rotatable bonds is 7. The lowest BCUT2D eigenvalue weighted by Gasteiger charge is -2.30. The van der Waals surface area contributed by atoms with Gasteiger partial charge >= 0.3 is 0 Å². The Bertz CT molecular complexity index is 910. The fraction of sp³-hybridized carbons (Fsp3) is 0.625. The fourth-order valence-corrected chi connectivity index (χ4v) is 5.00. The van der Waals surface area contributed by atoms with Crippen LogP contribution in [-0.2, 0) is 10.2 Å². The van der Waals surface area contributed by atoms with Crippen molar-refractivity contribution in [3.63, 3.8) is 0 Å². The third-order valence-corrected chi connectivity index (χ3v) is 7.57. The monoisotopic (exact) mass is 406 g/mol. The van der Waals surface area contributed by atoms with Crippen LogP contribution in [0.15, 0.2) is 34.9 Å². The van der Waals surface area contributed by atoms with Crippen LogP contribution in [0.4, 0.5) is 0 Å². The fourth-order valence-electron chi connectivity index (χ4n) is 5.00. The van der Waals surface area contributed by atoms with Crippen LogP contribution in [-0.4, -0.2) is 46.6 Å². The van der Waals surface area contributed by atoms with Gasteiger partial charge in [-0.15, -0.1) is 0 Å². The van der Waals surface area contributed by atoms with Crippen molar-refractivity contribution in [1.29, 1.82) is 0 Å². The zero-order valence-electron chi connectivity index (χ0n) is 17.4. The summed E-state index contributed by atoms with van der Waals surface area (Å²) in [6.45, 7) is 2.59. The van der Waals surface area contributed by atoms with Gasteiger partial charge in [-0.2, -0.15) is 4.98 Å². The molecule has 6 heteroatoms. The maximum absolute atomic E-state index is 12.3. The minimum Gasteiger partial charge on any atom is -0.342 e. The number of nitrogens with zero attached hydrogens (tertiary/aromatic N) is 3. The second-order valence-electron chi connectivity index (χ2n) is 9.85. The van der Waals surface area contributed by atoms with E-state index in [9.17, 15) is 4.79 Å². The molecule has 3 aliphatic carbocycles. The van der Waals surface area contributed by atoms with Gasteiger partial charge in [-0.3, -0.25) is 4.79 Å². The van der Waals surface area contributed by atoms with Crippen molar-refractivity contribution in [2.75, 3.05) is 19.6 Å². The summed E-state index contributed by atoms with van der Waals surface area (Å²) in [5.41, 5.74) is 1.50. The molecule has 1 N–H and O–H groups in total. The molecule has 4 fully saturated rings. The number of hydrogen-bond acceptors (Lipinski definition) is 5. The molecule has 0 spiro atoms. The predicted molar refractivity (Wildman–Crippen MR) is 112 cm³/mol. The van der Waals surface area contributed by atoms with Crippen LogP contribution in [0.3, 0.4) is 0 Å². The van der Waals surface area contributed by atoms with Crippen molar-refractivity contribution in [2.45, 2.75) is 68.2 Å². The van der Waals surface area contributed by atoms with Crippen LogP contribution in [0.2, 0.25) is 0 Å². The summed E-state index contributed by atoms with van der Waals surface area (Å²) in [6.07, 6.45) is 7.52. The summed E-state index contributed by atoms with van der Waals surface area (Å²) in [5, 5.41) is 8.15. The van der Waals surface area contributed by atoms with Crippen molar-refractivity contribution >= 4 is 5.91 Å². The van der Waals surface area contributed by atoms with Crippen molar-refractivity contribution in [1.82, 2.24) is 20.4 Å². The molecule has 30 heavy (non-hydrogen) atoms. The number of nitrogens with one attached hydrogen (secondary N) is 1. The normalized spacial score (nSPS) is 27.8. The zero-order valence-corrected chi connectivity index (χ0v) is 17.4. The van der Waals surface area contributed by atoms with Crippen LogP contribution in [0.5, 0.6) is 0 Å². The largest absolute Gasteiger partial charge is 0.342 e. The third-order valence-electron chi connectivity index (χ3n) is 7.57. The molecule has 1 aromatic heterocycles. The predicted octanol–water partition coefficient (Wildman–Crippen LogP) is 3.36. The number of benzene rings is 1. The van der Waals surface area contributed by atoms with Gasteiger partial charge in [-0.1, -0.05) is 35.5 Å². The van der Waals surface area contributed by atoms with Crippen LogP contribution in [0.1, 0.15) is 74.1 Å². The van der Waals surface area contributed by atoms with Gasteiger partial charge in [0.2, 0.25) is 11.8 Å². The third kappa shape index (κ3) is 3.55. The summed E-state index contributed by atoms with van der Waals surface area (Å²) in [6, 6.07) is 11.4. The Morgan fingerprint density at radius 1 is 1.13 bits per heavy atom. The van der Waals surface area contributed by atoms with Crippen LogP contribution >= 0.6 is 0 Å². The number of amides is 1. The lowest BCUT2D eigenvalue weighted by atomic mass is 9.96. The average molecular weight is 407 g/mol. The first-order chi connectivity index (χ1) is 14.7. The molecular weight excluding hydrogens is 376 g/mol. The van der Waals surface area contributed by atoms with E-state index < -0.39 is 0 Å². The summed E-state index contributed by atoms with van der Waals surface area (Å²) >= 11 is 0. The standard InChI is InChI=1S/C24H30N4O2/c29-22(18-6-7-18)28-12-8-17(9-13-28)21-26-23(27-30-21)24(10-11-24)15-25-20-14-19(20)16-4-2-1-3-5-16/h1-5,17-20,25H,6-15H2/t19-,20+/m1/s1. The molecule has 6 rings (SSSR count). The second-order valence-corrected chi connectivity index (χ2v) is 9.85. The number of carbonyl (C=O) groups excluding carboxylic acids is 1. The smallest absolute Gasteiger partial charge is 0.229 e. The quantitative estimate of drug-likeness (QED) is 0.763. The molecule has 0 unspecified atom stereocenters. The van der Waals surface area contributed by atoms with Crippen molar-refractivity contribution in [3.05, 3.63) is 47.6 Å². The van der Waals surface area contributed by atoms with Gasteiger partial charge < -0.3 is 14.7 Å². The Morgan fingerprint density at radius 3 is 2.60 bits per heavy atom. The maximum atomic E-state index is 12.3. The van der Waals surface area contributed by atoms with E-state index in [2.05, 4.69) is 40.8 Å². The molecule has 0 radical (unpaired) electrons. The van der Waals surface area contributed by atoms with Gasteiger partial charge in [0.05, 0.1) is 0 Å². The highest BCUT2D eigenvalue weighted by Gasteiger charge is 2.50. The van der Waals surface area contributed by atoms with Crippen molar-refractivity contribution in [2.24, 2.45) is 5.92 Å². The lowest BCUT2D eigenvalue weighted by molar-refractivity contribution is -0.133. The van der Waals surface area contributed by atoms with Gasteiger partial charge in [0, 0.05) is 48.8 Å². The number of hydrogen-bond donors (Lipinski definition) is 1. The molecule has 0 bridgehead atoms. The molecule has 158 valence electrons. The molecule has 4 aliphatic rings. The van der Waals surface area contributed by atoms with Gasteiger partial charge in [-0.25, -0.2) is 0 Å². The molecule has 3 saturated carbocycles. The summed E-state index contributed by atoms with van der Waals surface area (Å²) in [7, 11) is 0. The Kier molecular flexibility index (Phi) is 4.44. The van der Waals surface area contributed by atoms with E-state index in [1.165, 1.54) is 12.0 Å². The van der Waals surface area contributed by atoms with Crippen LogP contribution in [0.25, 0.3) is 0 Å². The highest BCUT2D eigenvalue weighted by atomic mass is 16.5. The summed E-state index contributed by atoms with van der Waals surface area (Å²) < 4.78 is 5.71. The average Bonchev–Trinajstić information content (AvgIpc) is 3.69. The number of likely N-dealkylation sites (tertiary alicyclic amines) is 1. The number of piperidine rings is 1. The number of aromatic nitrogens is 2. The molecule has 1 aliphatic heterocycles. The molecular formula is C24H30N4O2. The minimum atomic E-state index is 0.0637. The summed E-state index contributed by atoms with van der Waals surface area (Å²) in [4.78, 5) is 19.1. The Hall–Kier alpha value is -2.21. The van der Waals surface area contributed by atoms with E-state index in [1.807, 2.05) is 4.90 Å². The van der Waals surface area contributed by atoms with E-state index >= 15 is 0 Å². The lowest BCUT2D eigenvalue weighted by Crippen LogP contribution is -2.38. The molecule has 1 saturated heterocycles. The highest BCUT2D eigenvalue weighted by molar-refractivity contribution is 5.81. The van der Waals surface area contributed by atoms with E-state index in [-0.39, 0.29) is 5.41 Å². The maximum Gasteiger partial charge on any atom is 0.229 e. The first-order valence-corrected chi connectivity index (χ1v) is 11.6. The topological polar surface area (TPSA) is 71.3 Å². The first-order valence-electron chi connectivity index (χ1n) is 11.6. The number of carbonyl (C=O) groups is 1. The molecule has 2 atom stereocenters. The van der Waals surface area contributed by atoms with Gasteiger partial charge in [-0.05, 0) is 50.5 Å². The van der Waals surface area contributed by atoms with Gasteiger partial charge in [0.1, 0.15) is 0 Å². The molecule has 1 aromatic carbocycles. The van der Waals surface area contributed by atoms with E-state index in [0.717, 1.165) is 69.9 Å². The van der Waals surface area contributed by atoms with E-state index in [4.69, 9.17) is 9.51 Å². The molecule has 2 heterocycles. The Morgan fingerprint density at radius 2 is 1.90 bits per heavy atom. The van der Waals surface area contributed by atoms with Crippen LogP contribution in [0, 0.1) is 5.92 Å². The van der Waals surface area contributed by atoms with Crippen LogP contribution < -0.4 is 5.32 Å². The second kappa shape index (κ2) is 7.19. The first kappa shape index (κ1) is 18.6.